The summed E-state index contributed by atoms with van der Waals surface area (Å²) in [5.41, 5.74) is -7.74. The number of hydrogen-bond donors (Lipinski definition) is 1. The number of aromatic carboxylic acids is 1. The summed E-state index contributed by atoms with van der Waals surface area (Å²) in [4.78, 5) is 10.7. The molecule has 0 unspecified atom stereocenters. The lowest BCUT2D eigenvalue weighted by atomic mass is 9.92. The standard InChI is InChI=1S/C13H4F14O2/c14-8(15,10(18,19)12(22,23)24)5-1-4(7(28)29)2-6(3-5)9(16,17)11(20,21)13(25,26)27/h1-3H,(H,28,29). The van der Waals surface area contributed by atoms with Gasteiger partial charge < -0.3 is 5.11 Å². The van der Waals surface area contributed by atoms with Crippen LogP contribution in [0.15, 0.2) is 18.2 Å². The van der Waals surface area contributed by atoms with Crippen molar-refractivity contribution in [1.82, 2.24) is 0 Å². The smallest absolute Gasteiger partial charge is 0.460 e. The molecule has 0 aliphatic rings. The Morgan fingerprint density at radius 2 is 0.862 bits per heavy atom. The van der Waals surface area contributed by atoms with Crippen LogP contribution >= 0.6 is 0 Å². The van der Waals surface area contributed by atoms with Crippen molar-refractivity contribution in [2.45, 2.75) is 36.0 Å². The highest BCUT2D eigenvalue weighted by atomic mass is 19.4. The Hall–Kier alpha value is -2.29. The fourth-order valence-electron chi connectivity index (χ4n) is 1.83. The van der Waals surface area contributed by atoms with Crippen molar-refractivity contribution in [2.24, 2.45) is 0 Å². The van der Waals surface area contributed by atoms with Crippen LogP contribution in [-0.4, -0.2) is 35.3 Å². The van der Waals surface area contributed by atoms with E-state index in [1.165, 1.54) is 0 Å². The van der Waals surface area contributed by atoms with Crippen LogP contribution in [0, 0.1) is 0 Å². The maximum Gasteiger partial charge on any atom is 0.460 e. The van der Waals surface area contributed by atoms with Crippen LogP contribution in [0.25, 0.3) is 0 Å². The molecule has 0 radical (unpaired) electrons. The van der Waals surface area contributed by atoms with E-state index in [0.717, 1.165) is 0 Å². The van der Waals surface area contributed by atoms with Gasteiger partial charge in [0.2, 0.25) is 0 Å². The molecule has 166 valence electrons. The third kappa shape index (κ3) is 3.80. The minimum absolute atomic E-state index is 0.701. The van der Waals surface area contributed by atoms with Gasteiger partial charge in [0.1, 0.15) is 0 Å². The van der Waals surface area contributed by atoms with Gasteiger partial charge in [-0.1, -0.05) is 0 Å². The van der Waals surface area contributed by atoms with Crippen LogP contribution in [0.2, 0.25) is 0 Å². The molecular weight excluding hydrogens is 454 g/mol. The Morgan fingerprint density at radius 3 is 1.07 bits per heavy atom. The molecule has 0 spiro atoms. The van der Waals surface area contributed by atoms with Crippen molar-refractivity contribution in [3.8, 4) is 0 Å². The molecule has 1 aromatic carbocycles. The van der Waals surface area contributed by atoms with Gasteiger partial charge in [-0.2, -0.15) is 61.5 Å². The second-order valence-electron chi connectivity index (χ2n) is 5.40. The average Bonchev–Trinajstić information content (AvgIpc) is 2.51. The summed E-state index contributed by atoms with van der Waals surface area (Å²) in [5.74, 6) is -29.7. The molecule has 0 aliphatic carbocycles. The molecule has 0 bridgehead atoms. The van der Waals surface area contributed by atoms with Crippen LogP contribution in [0.4, 0.5) is 61.5 Å². The first-order valence-electron chi connectivity index (χ1n) is 6.56. The number of carboxylic acid groups (broad SMARTS) is 1. The fourth-order valence-corrected chi connectivity index (χ4v) is 1.83. The quantitative estimate of drug-likeness (QED) is 0.553. The summed E-state index contributed by atoms with van der Waals surface area (Å²) in [6.45, 7) is 0. The van der Waals surface area contributed by atoms with Crippen LogP contribution in [0.5, 0.6) is 0 Å². The van der Waals surface area contributed by atoms with Gasteiger partial charge in [0.25, 0.3) is 0 Å². The first kappa shape index (κ1) is 24.7. The van der Waals surface area contributed by atoms with Crippen LogP contribution in [0.1, 0.15) is 21.5 Å². The minimum Gasteiger partial charge on any atom is -0.478 e. The molecule has 0 aliphatic heterocycles. The lowest BCUT2D eigenvalue weighted by molar-refractivity contribution is -0.361. The predicted molar refractivity (Wildman–Crippen MR) is 63.2 cm³/mol. The Balaban J connectivity index is 3.85. The molecule has 16 heteroatoms. The van der Waals surface area contributed by atoms with Gasteiger partial charge in [-0.3, -0.25) is 0 Å². The molecule has 1 rings (SSSR count). The molecule has 0 aromatic heterocycles. The molecule has 0 amide bonds. The van der Waals surface area contributed by atoms with Crippen molar-refractivity contribution in [2.75, 3.05) is 0 Å². The minimum atomic E-state index is -7.03. The van der Waals surface area contributed by atoms with E-state index in [2.05, 4.69) is 0 Å². The van der Waals surface area contributed by atoms with Crippen molar-refractivity contribution in [3.05, 3.63) is 34.9 Å². The molecule has 1 aromatic rings. The maximum absolute atomic E-state index is 13.7. The van der Waals surface area contributed by atoms with E-state index in [0.29, 0.717) is 0 Å². The predicted octanol–water partition coefficient (Wildman–Crippen LogP) is 5.96. The average molecular weight is 458 g/mol. The zero-order valence-electron chi connectivity index (χ0n) is 12.9. The highest BCUT2D eigenvalue weighted by Gasteiger charge is 2.75. The third-order valence-electron chi connectivity index (χ3n) is 3.41. The lowest BCUT2D eigenvalue weighted by Crippen LogP contribution is -2.51. The van der Waals surface area contributed by atoms with E-state index >= 15 is 0 Å². The van der Waals surface area contributed by atoms with Gasteiger partial charge in [-0.05, 0) is 18.2 Å². The summed E-state index contributed by atoms with van der Waals surface area (Å²) >= 11 is 0. The number of carbonyl (C=O) groups is 1. The zero-order valence-corrected chi connectivity index (χ0v) is 12.9. The molecule has 0 saturated carbocycles. The Kier molecular flexibility index (Phi) is 5.65. The van der Waals surface area contributed by atoms with E-state index in [4.69, 9.17) is 5.11 Å². The molecule has 0 heterocycles. The molecule has 0 fully saturated rings. The number of carboxylic acids is 1. The SMILES string of the molecule is O=C(O)c1cc(C(F)(F)C(F)(F)C(F)(F)F)cc(C(F)(F)C(F)(F)C(F)(F)F)c1. The van der Waals surface area contributed by atoms with Gasteiger partial charge in [-0.15, -0.1) is 0 Å². The summed E-state index contributed by atoms with van der Waals surface area (Å²) in [5, 5.41) is 8.58. The monoisotopic (exact) mass is 458 g/mol. The molecule has 0 atom stereocenters. The Labute approximate surface area is 149 Å². The topological polar surface area (TPSA) is 37.3 Å². The first-order chi connectivity index (χ1) is 12.5. The summed E-state index contributed by atoms with van der Waals surface area (Å²) in [7, 11) is 0. The van der Waals surface area contributed by atoms with Gasteiger partial charge >= 0.3 is 42.0 Å². The van der Waals surface area contributed by atoms with E-state index in [-0.39, 0.29) is 0 Å². The lowest BCUT2D eigenvalue weighted by Gasteiger charge is -2.31. The first-order valence-corrected chi connectivity index (χ1v) is 6.56. The number of alkyl halides is 14. The maximum atomic E-state index is 13.7. The molecule has 1 N–H and O–H groups in total. The molecule has 2 nitrogen and oxygen atoms in total. The Bertz CT molecular complexity index is 733. The fraction of sp³-hybridized carbons (Fsp3) is 0.462. The van der Waals surface area contributed by atoms with E-state index < -0.39 is 76.9 Å². The largest absolute Gasteiger partial charge is 0.478 e. The highest BCUT2D eigenvalue weighted by Crippen LogP contribution is 2.55. The number of benzene rings is 1. The normalized spacial score (nSPS) is 14.8. The van der Waals surface area contributed by atoms with Gasteiger partial charge in [-0.25, -0.2) is 4.79 Å². The van der Waals surface area contributed by atoms with Crippen molar-refractivity contribution >= 4 is 5.97 Å². The van der Waals surface area contributed by atoms with Crippen molar-refractivity contribution in [1.29, 1.82) is 0 Å². The van der Waals surface area contributed by atoms with Gasteiger partial charge in [0.05, 0.1) is 5.56 Å². The number of halogens is 14. The van der Waals surface area contributed by atoms with Crippen LogP contribution < -0.4 is 0 Å². The number of hydrogen-bond acceptors (Lipinski definition) is 1. The highest BCUT2D eigenvalue weighted by molar-refractivity contribution is 5.88. The van der Waals surface area contributed by atoms with E-state index in [9.17, 15) is 66.3 Å². The Morgan fingerprint density at radius 1 is 0.586 bits per heavy atom. The zero-order chi connectivity index (χ0) is 23.4. The van der Waals surface area contributed by atoms with Crippen molar-refractivity contribution < 1.29 is 71.4 Å². The van der Waals surface area contributed by atoms with Crippen LogP contribution in [-0.2, 0) is 11.8 Å². The molecular formula is C13H4F14O2. The second-order valence-corrected chi connectivity index (χ2v) is 5.40. The van der Waals surface area contributed by atoms with Crippen LogP contribution in [0.3, 0.4) is 0 Å². The van der Waals surface area contributed by atoms with Gasteiger partial charge in [0.15, 0.2) is 0 Å². The van der Waals surface area contributed by atoms with E-state index in [1.54, 1.807) is 0 Å². The molecule has 29 heavy (non-hydrogen) atoms. The molecule has 0 saturated heterocycles. The summed E-state index contributed by atoms with van der Waals surface area (Å²) in [6, 6.07) is -2.59. The van der Waals surface area contributed by atoms with Gasteiger partial charge in [0, 0.05) is 11.1 Å². The van der Waals surface area contributed by atoms with Crippen molar-refractivity contribution in [3.63, 3.8) is 0 Å². The van der Waals surface area contributed by atoms with E-state index in [1.807, 2.05) is 0 Å². The summed E-state index contributed by atoms with van der Waals surface area (Å²) in [6.07, 6.45) is -14.1. The second kappa shape index (κ2) is 6.62. The number of rotatable bonds is 5. The summed E-state index contributed by atoms with van der Waals surface area (Å²) < 4.78 is 180. The third-order valence-corrected chi connectivity index (χ3v) is 3.41.